The second-order valence-electron chi connectivity index (χ2n) is 5.77. The summed E-state index contributed by atoms with van der Waals surface area (Å²) < 4.78 is 4.95. The van der Waals surface area contributed by atoms with E-state index in [9.17, 15) is 20.1 Å². The van der Waals surface area contributed by atoms with Crippen molar-refractivity contribution >= 4 is 22.3 Å². The van der Waals surface area contributed by atoms with Gasteiger partial charge < -0.3 is 20.1 Å². The van der Waals surface area contributed by atoms with Crippen molar-refractivity contribution in [3.8, 4) is 23.0 Å². The van der Waals surface area contributed by atoms with Crippen LogP contribution in [0.25, 0.3) is 16.5 Å². The van der Waals surface area contributed by atoms with Gasteiger partial charge in [0.15, 0.2) is 17.3 Å². The molecule has 0 saturated heterocycles. The van der Waals surface area contributed by atoms with Crippen LogP contribution in [-0.2, 0) is 0 Å². The molecular weight excluding hydrogens is 334 g/mol. The largest absolute Gasteiger partial charge is 0.506 e. The minimum Gasteiger partial charge on any atom is -0.506 e. The first kappa shape index (κ1) is 17.3. The Bertz CT molecular complexity index is 1060. The number of carbonyl (C=O) groups excluding carboxylic acids is 1. The Hall–Kier alpha value is -3.54. The van der Waals surface area contributed by atoms with Crippen LogP contribution < -0.4 is 4.74 Å². The predicted molar refractivity (Wildman–Crippen MR) is 97.9 cm³/mol. The number of ketones is 1. The zero-order chi connectivity index (χ0) is 19.0. The highest BCUT2D eigenvalue weighted by Crippen LogP contribution is 2.41. The summed E-state index contributed by atoms with van der Waals surface area (Å²) in [7, 11) is 1.38. The van der Waals surface area contributed by atoms with E-state index in [4.69, 9.17) is 4.74 Å². The van der Waals surface area contributed by atoms with Crippen LogP contribution in [0.4, 0.5) is 0 Å². The van der Waals surface area contributed by atoms with Crippen molar-refractivity contribution in [3.05, 3.63) is 59.8 Å². The number of benzene rings is 2. The Balaban J connectivity index is 2.15. The number of nitrogens with zero attached hydrogens (tertiary/aromatic N) is 1. The Morgan fingerprint density at radius 3 is 2.35 bits per heavy atom. The van der Waals surface area contributed by atoms with E-state index in [2.05, 4.69) is 11.6 Å². The number of Topliss-reactive ketones (excluding diaryl/α,β-unsaturated/α-hetero) is 1. The predicted octanol–water partition coefficient (Wildman–Crippen LogP) is 3.62. The first-order chi connectivity index (χ1) is 12.3. The van der Waals surface area contributed by atoms with Crippen molar-refractivity contribution in [2.24, 2.45) is 0 Å². The minimum absolute atomic E-state index is 0.0681. The van der Waals surface area contributed by atoms with Crippen molar-refractivity contribution in [3.63, 3.8) is 0 Å². The fraction of sp³-hybridized carbons (Fsp3) is 0.100. The number of methoxy groups -OCH3 is 1. The average Bonchev–Trinajstić information content (AvgIpc) is 2.63. The van der Waals surface area contributed by atoms with E-state index in [1.807, 2.05) is 0 Å². The number of pyridine rings is 1. The van der Waals surface area contributed by atoms with E-state index in [-0.39, 0.29) is 34.1 Å². The summed E-state index contributed by atoms with van der Waals surface area (Å²) in [4.78, 5) is 16.1. The van der Waals surface area contributed by atoms with E-state index in [0.717, 1.165) is 0 Å². The van der Waals surface area contributed by atoms with Crippen LogP contribution in [0.1, 0.15) is 28.5 Å². The van der Waals surface area contributed by atoms with Crippen LogP contribution in [0.15, 0.2) is 43.0 Å². The topological polar surface area (TPSA) is 99.9 Å². The number of aromatic nitrogens is 1. The molecule has 3 rings (SSSR count). The van der Waals surface area contributed by atoms with Crippen LogP contribution in [0.3, 0.4) is 0 Å². The normalized spacial score (nSPS) is 10.7. The number of hydrogen-bond acceptors (Lipinski definition) is 6. The molecule has 3 N–H and O–H groups in total. The summed E-state index contributed by atoms with van der Waals surface area (Å²) in [6.45, 7) is 5.36. The molecule has 3 aromatic rings. The van der Waals surface area contributed by atoms with E-state index >= 15 is 0 Å². The Morgan fingerprint density at radius 2 is 1.69 bits per heavy atom. The lowest BCUT2D eigenvalue weighted by molar-refractivity contribution is 0.101. The van der Waals surface area contributed by atoms with Gasteiger partial charge >= 0.3 is 0 Å². The highest BCUT2D eigenvalue weighted by atomic mass is 16.5. The lowest BCUT2D eigenvalue weighted by Crippen LogP contribution is -1.98. The SMILES string of the molecule is C=C(c1ccc2c(C(C)=O)ccc(O)c2n1)c1ccc(OC)c(O)c1O. The zero-order valence-corrected chi connectivity index (χ0v) is 14.3. The molecule has 6 heteroatoms. The molecule has 1 aromatic heterocycles. The number of phenols is 3. The fourth-order valence-corrected chi connectivity index (χ4v) is 2.79. The number of hydrogen-bond donors (Lipinski definition) is 3. The second kappa shape index (κ2) is 6.40. The molecular formula is C20H17NO5. The third-order valence-electron chi connectivity index (χ3n) is 4.18. The molecule has 0 fully saturated rings. The van der Waals surface area contributed by atoms with Gasteiger partial charge in [-0.3, -0.25) is 4.79 Å². The molecule has 2 aromatic carbocycles. The molecule has 6 nitrogen and oxygen atoms in total. The molecule has 0 atom stereocenters. The highest BCUT2D eigenvalue weighted by Gasteiger charge is 2.17. The summed E-state index contributed by atoms with van der Waals surface area (Å²) in [6, 6.07) is 9.31. The van der Waals surface area contributed by atoms with Crippen LogP contribution in [0, 0.1) is 0 Å². The van der Waals surface area contributed by atoms with E-state index < -0.39 is 5.75 Å². The van der Waals surface area contributed by atoms with Gasteiger partial charge in [0.1, 0.15) is 11.3 Å². The summed E-state index contributed by atoms with van der Waals surface area (Å²) in [5.74, 6) is -0.844. The molecule has 0 spiro atoms. The van der Waals surface area contributed by atoms with Crippen LogP contribution >= 0.6 is 0 Å². The quantitative estimate of drug-likeness (QED) is 0.490. The van der Waals surface area contributed by atoms with E-state index in [1.165, 1.54) is 26.2 Å². The summed E-state index contributed by atoms with van der Waals surface area (Å²) in [6.07, 6.45) is 0. The molecule has 26 heavy (non-hydrogen) atoms. The Kier molecular flexibility index (Phi) is 4.26. The number of phenolic OH excluding ortho intramolecular Hbond substituents is 3. The average molecular weight is 351 g/mol. The minimum atomic E-state index is -0.395. The first-order valence-electron chi connectivity index (χ1n) is 7.77. The van der Waals surface area contributed by atoms with Gasteiger partial charge in [0.2, 0.25) is 5.75 Å². The molecule has 0 aliphatic rings. The maximum Gasteiger partial charge on any atom is 0.201 e. The van der Waals surface area contributed by atoms with Crippen LogP contribution in [-0.4, -0.2) is 33.2 Å². The number of fused-ring (bicyclic) bond motifs is 1. The lowest BCUT2D eigenvalue weighted by atomic mass is 9.99. The van der Waals surface area contributed by atoms with Crippen molar-refractivity contribution in [1.82, 2.24) is 4.98 Å². The third-order valence-corrected chi connectivity index (χ3v) is 4.18. The fourth-order valence-electron chi connectivity index (χ4n) is 2.79. The zero-order valence-electron chi connectivity index (χ0n) is 14.3. The van der Waals surface area contributed by atoms with Gasteiger partial charge in [0.25, 0.3) is 0 Å². The van der Waals surface area contributed by atoms with Gasteiger partial charge in [-0.15, -0.1) is 0 Å². The molecule has 0 bridgehead atoms. The standard InChI is InChI=1S/C20H17NO5/c1-10(12-6-9-17(26-3)20(25)19(12)24)15-7-4-14-13(11(2)22)5-8-16(23)18(14)21-15/h4-9,23-25H,1H2,2-3H3. The van der Waals surface area contributed by atoms with Crippen molar-refractivity contribution in [2.75, 3.05) is 7.11 Å². The van der Waals surface area contributed by atoms with Crippen molar-refractivity contribution in [2.45, 2.75) is 6.92 Å². The number of ether oxygens (including phenoxy) is 1. The molecule has 0 saturated carbocycles. The summed E-state index contributed by atoms with van der Waals surface area (Å²) in [5, 5.41) is 30.8. The molecule has 0 amide bonds. The number of carbonyl (C=O) groups is 1. The van der Waals surface area contributed by atoms with Gasteiger partial charge in [0.05, 0.1) is 12.8 Å². The smallest absolute Gasteiger partial charge is 0.201 e. The number of rotatable bonds is 4. The molecule has 1 heterocycles. The van der Waals surface area contributed by atoms with Crippen molar-refractivity contribution < 1.29 is 24.9 Å². The van der Waals surface area contributed by atoms with Crippen LogP contribution in [0.5, 0.6) is 23.0 Å². The van der Waals surface area contributed by atoms with E-state index in [1.54, 1.807) is 24.3 Å². The first-order valence-corrected chi connectivity index (χ1v) is 7.77. The van der Waals surface area contributed by atoms with E-state index in [0.29, 0.717) is 22.2 Å². The number of aromatic hydroxyl groups is 3. The molecule has 0 unspecified atom stereocenters. The van der Waals surface area contributed by atoms with Gasteiger partial charge in [-0.05, 0) is 43.3 Å². The Morgan fingerprint density at radius 1 is 1.00 bits per heavy atom. The molecule has 0 aliphatic carbocycles. The third kappa shape index (κ3) is 2.71. The van der Waals surface area contributed by atoms with Crippen LogP contribution in [0.2, 0.25) is 0 Å². The Labute approximate surface area is 149 Å². The molecule has 0 radical (unpaired) electrons. The monoisotopic (exact) mass is 351 g/mol. The van der Waals surface area contributed by atoms with Gasteiger partial charge in [-0.2, -0.15) is 0 Å². The second-order valence-corrected chi connectivity index (χ2v) is 5.77. The van der Waals surface area contributed by atoms with Gasteiger partial charge in [0, 0.05) is 22.1 Å². The van der Waals surface area contributed by atoms with Crippen molar-refractivity contribution in [1.29, 1.82) is 0 Å². The van der Waals surface area contributed by atoms with Gasteiger partial charge in [-0.25, -0.2) is 4.98 Å². The molecule has 0 aliphatic heterocycles. The maximum atomic E-state index is 11.8. The molecule has 132 valence electrons. The lowest BCUT2D eigenvalue weighted by Gasteiger charge is -2.13. The highest BCUT2D eigenvalue weighted by molar-refractivity contribution is 6.07. The summed E-state index contributed by atoms with van der Waals surface area (Å²) in [5.41, 5.74) is 1.71. The summed E-state index contributed by atoms with van der Waals surface area (Å²) >= 11 is 0. The maximum absolute atomic E-state index is 11.8. The van der Waals surface area contributed by atoms with Gasteiger partial charge in [-0.1, -0.05) is 6.58 Å².